The van der Waals surface area contributed by atoms with Crippen molar-refractivity contribution in [2.75, 3.05) is 33.3 Å². The van der Waals surface area contributed by atoms with Crippen LogP contribution in [0.15, 0.2) is 0 Å². The molecule has 2 N–H and O–H groups in total. The lowest BCUT2D eigenvalue weighted by molar-refractivity contribution is -0.119. The first-order chi connectivity index (χ1) is 9.46. The molecule has 3 rings (SSSR count). The van der Waals surface area contributed by atoms with Crippen molar-refractivity contribution in [3.8, 4) is 0 Å². The molecule has 4 heteroatoms. The number of nitrogens with two attached hydrogens (primary N) is 1. The molecule has 3 atom stereocenters. The Bertz CT molecular complexity index is 360. The van der Waals surface area contributed by atoms with Gasteiger partial charge in [0.25, 0.3) is 0 Å². The fourth-order valence-electron chi connectivity index (χ4n) is 4.76. The van der Waals surface area contributed by atoms with Crippen molar-refractivity contribution in [2.24, 2.45) is 5.73 Å². The molecule has 0 aromatic carbocycles. The number of likely N-dealkylation sites (tertiary alicyclic amines) is 1. The van der Waals surface area contributed by atoms with Crippen molar-refractivity contribution in [3.63, 3.8) is 0 Å². The number of nitrogens with zero attached hydrogens (tertiary/aromatic N) is 2. The zero-order chi connectivity index (χ0) is 14.4. The predicted molar refractivity (Wildman–Crippen MR) is 81.8 cm³/mol. The molecule has 3 aliphatic rings. The third-order valence-electron chi connectivity index (χ3n) is 6.01. The number of hydrogen-bond acceptors (Lipinski definition) is 4. The molecule has 3 fully saturated rings. The van der Waals surface area contributed by atoms with Gasteiger partial charge in [-0.3, -0.25) is 9.80 Å². The lowest BCUT2D eigenvalue weighted by Gasteiger charge is -2.51. The van der Waals surface area contributed by atoms with Crippen molar-refractivity contribution in [1.29, 1.82) is 0 Å². The second-order valence-electron chi connectivity index (χ2n) is 7.75. The SMILES string of the molecule is CN1C2CCC1CN(C1(CN)CCOC(C)(C)C1)CC2. The standard InChI is InChI=1S/C16H31N3O/c1-15(2)11-16(12-17,7-9-20-15)19-8-6-13-4-5-14(10-19)18(13)3/h13-14H,4-12,17H2,1-3H3. The molecule has 0 aromatic heterocycles. The van der Waals surface area contributed by atoms with Gasteiger partial charge in [0, 0.05) is 43.9 Å². The largest absolute Gasteiger partial charge is 0.375 e. The van der Waals surface area contributed by atoms with Gasteiger partial charge in [0.2, 0.25) is 0 Å². The van der Waals surface area contributed by atoms with Crippen LogP contribution >= 0.6 is 0 Å². The van der Waals surface area contributed by atoms with Gasteiger partial charge in [-0.2, -0.15) is 0 Å². The fraction of sp³-hybridized carbons (Fsp3) is 1.00. The van der Waals surface area contributed by atoms with Gasteiger partial charge in [0.05, 0.1) is 5.60 Å². The first-order valence-corrected chi connectivity index (χ1v) is 8.27. The van der Waals surface area contributed by atoms with Crippen LogP contribution in [0, 0.1) is 0 Å². The summed E-state index contributed by atoms with van der Waals surface area (Å²) in [5, 5.41) is 0. The number of ether oxygens (including phenoxy) is 1. The number of rotatable bonds is 2. The van der Waals surface area contributed by atoms with Gasteiger partial charge >= 0.3 is 0 Å². The third kappa shape index (κ3) is 2.52. The van der Waals surface area contributed by atoms with E-state index in [4.69, 9.17) is 10.5 Å². The molecule has 0 spiro atoms. The average Bonchev–Trinajstić information content (AvgIpc) is 2.61. The summed E-state index contributed by atoms with van der Waals surface area (Å²) in [4.78, 5) is 5.34. The molecule has 0 aromatic rings. The van der Waals surface area contributed by atoms with Gasteiger partial charge in [0.1, 0.15) is 0 Å². The van der Waals surface area contributed by atoms with E-state index in [0.29, 0.717) is 0 Å². The smallest absolute Gasteiger partial charge is 0.0644 e. The molecular formula is C16H31N3O. The minimum atomic E-state index is -0.0329. The molecule has 20 heavy (non-hydrogen) atoms. The van der Waals surface area contributed by atoms with Gasteiger partial charge in [-0.1, -0.05) is 0 Å². The second kappa shape index (κ2) is 5.24. The lowest BCUT2D eigenvalue weighted by atomic mass is 9.79. The van der Waals surface area contributed by atoms with Crippen molar-refractivity contribution in [2.45, 2.75) is 69.2 Å². The minimum Gasteiger partial charge on any atom is -0.375 e. The summed E-state index contributed by atoms with van der Waals surface area (Å²) < 4.78 is 5.93. The van der Waals surface area contributed by atoms with E-state index < -0.39 is 0 Å². The van der Waals surface area contributed by atoms with Crippen molar-refractivity contribution in [1.82, 2.24) is 9.80 Å². The molecule has 116 valence electrons. The Hall–Kier alpha value is -0.160. The molecule has 3 aliphatic heterocycles. The predicted octanol–water partition coefficient (Wildman–Crippen LogP) is 1.44. The maximum absolute atomic E-state index is 6.26. The van der Waals surface area contributed by atoms with Crippen LogP contribution in [-0.4, -0.2) is 66.3 Å². The number of hydrogen-bond donors (Lipinski definition) is 1. The van der Waals surface area contributed by atoms with E-state index >= 15 is 0 Å². The highest BCUT2D eigenvalue weighted by molar-refractivity contribution is 5.03. The Labute approximate surface area is 123 Å². The van der Waals surface area contributed by atoms with Crippen LogP contribution in [0.4, 0.5) is 0 Å². The summed E-state index contributed by atoms with van der Waals surface area (Å²) in [6.45, 7) is 8.45. The highest BCUT2D eigenvalue weighted by Crippen LogP contribution is 2.39. The van der Waals surface area contributed by atoms with Crippen LogP contribution in [0.5, 0.6) is 0 Å². The van der Waals surface area contributed by atoms with Crippen molar-refractivity contribution < 1.29 is 4.74 Å². The van der Waals surface area contributed by atoms with Gasteiger partial charge < -0.3 is 10.5 Å². The van der Waals surface area contributed by atoms with Crippen LogP contribution in [0.25, 0.3) is 0 Å². The lowest BCUT2D eigenvalue weighted by Crippen LogP contribution is -2.62. The van der Waals surface area contributed by atoms with Gasteiger partial charge in [-0.05, 0) is 53.0 Å². The van der Waals surface area contributed by atoms with E-state index in [-0.39, 0.29) is 11.1 Å². The van der Waals surface area contributed by atoms with Crippen LogP contribution < -0.4 is 5.73 Å². The van der Waals surface area contributed by atoms with E-state index in [2.05, 4.69) is 30.7 Å². The number of likely N-dealkylation sites (N-methyl/N-ethyl adjacent to an activating group) is 1. The third-order valence-corrected chi connectivity index (χ3v) is 6.01. The Morgan fingerprint density at radius 2 is 1.95 bits per heavy atom. The van der Waals surface area contributed by atoms with Crippen molar-refractivity contribution >= 4 is 0 Å². The minimum absolute atomic E-state index is 0.0329. The van der Waals surface area contributed by atoms with Gasteiger partial charge in [-0.15, -0.1) is 0 Å². The summed E-state index contributed by atoms with van der Waals surface area (Å²) in [5.74, 6) is 0. The monoisotopic (exact) mass is 281 g/mol. The first kappa shape index (κ1) is 14.8. The molecule has 0 saturated carbocycles. The van der Waals surface area contributed by atoms with Crippen molar-refractivity contribution in [3.05, 3.63) is 0 Å². The summed E-state index contributed by atoms with van der Waals surface area (Å²) in [5.41, 5.74) is 6.39. The molecule has 4 nitrogen and oxygen atoms in total. The summed E-state index contributed by atoms with van der Waals surface area (Å²) in [6.07, 6.45) is 6.21. The topological polar surface area (TPSA) is 41.7 Å². The maximum atomic E-state index is 6.26. The molecule has 0 radical (unpaired) electrons. The summed E-state index contributed by atoms with van der Waals surface area (Å²) in [6, 6.07) is 1.53. The van der Waals surface area contributed by atoms with Gasteiger partial charge in [-0.25, -0.2) is 0 Å². The first-order valence-electron chi connectivity index (χ1n) is 8.27. The van der Waals surface area contributed by atoms with E-state index in [1.165, 1.54) is 32.4 Å². The molecule has 3 heterocycles. The maximum Gasteiger partial charge on any atom is 0.0644 e. The number of fused-ring (bicyclic) bond motifs is 2. The Morgan fingerprint density at radius 3 is 2.65 bits per heavy atom. The molecule has 3 saturated heterocycles. The Morgan fingerprint density at radius 1 is 1.20 bits per heavy atom. The summed E-state index contributed by atoms with van der Waals surface area (Å²) >= 11 is 0. The highest BCUT2D eigenvalue weighted by Gasteiger charge is 2.47. The fourth-order valence-corrected chi connectivity index (χ4v) is 4.76. The van der Waals surface area contributed by atoms with Crippen LogP contribution in [-0.2, 0) is 4.74 Å². The summed E-state index contributed by atoms with van der Waals surface area (Å²) in [7, 11) is 2.31. The van der Waals surface area contributed by atoms with Crippen LogP contribution in [0.1, 0.15) is 46.0 Å². The van der Waals surface area contributed by atoms with Crippen LogP contribution in [0.2, 0.25) is 0 Å². The molecule has 0 aliphatic carbocycles. The molecule has 0 amide bonds. The van der Waals surface area contributed by atoms with Crippen LogP contribution in [0.3, 0.4) is 0 Å². The zero-order valence-corrected chi connectivity index (χ0v) is 13.4. The Kier molecular flexibility index (Phi) is 3.87. The van der Waals surface area contributed by atoms with E-state index in [1.807, 2.05) is 0 Å². The highest BCUT2D eigenvalue weighted by atomic mass is 16.5. The molecule has 3 unspecified atom stereocenters. The molecular weight excluding hydrogens is 250 g/mol. The van der Waals surface area contributed by atoms with E-state index in [1.54, 1.807) is 0 Å². The van der Waals surface area contributed by atoms with E-state index in [9.17, 15) is 0 Å². The molecule has 2 bridgehead atoms. The normalized spacial score (nSPS) is 42.6. The van der Waals surface area contributed by atoms with E-state index in [0.717, 1.165) is 38.1 Å². The average molecular weight is 281 g/mol. The zero-order valence-electron chi connectivity index (χ0n) is 13.4. The second-order valence-corrected chi connectivity index (χ2v) is 7.75. The Balaban J connectivity index is 1.79. The quantitative estimate of drug-likeness (QED) is 0.832. The van der Waals surface area contributed by atoms with Gasteiger partial charge in [0.15, 0.2) is 0 Å².